The number of halogens is 2. The molecule has 0 radical (unpaired) electrons. The number of rotatable bonds is 4. The molecule has 120 valence electrons. The van der Waals surface area contributed by atoms with Crippen LogP contribution in [0.2, 0.25) is 5.02 Å². The maximum atomic E-state index is 12.9. The molecule has 24 heavy (non-hydrogen) atoms. The van der Waals surface area contributed by atoms with Crippen LogP contribution in [0.4, 0.5) is 9.52 Å². The molecule has 2 aromatic heterocycles. The van der Waals surface area contributed by atoms with Crippen LogP contribution in [0.25, 0.3) is 16.2 Å². The Balaban J connectivity index is 1.51. The summed E-state index contributed by atoms with van der Waals surface area (Å²) >= 11 is 7.37. The van der Waals surface area contributed by atoms with Gasteiger partial charge in [-0.25, -0.2) is 13.9 Å². The topological polar surface area (TPSA) is 42.2 Å². The maximum Gasteiger partial charge on any atom is 0.214 e. The molecule has 4 aromatic rings. The van der Waals surface area contributed by atoms with Crippen LogP contribution in [-0.2, 0) is 6.54 Å². The molecule has 2 heterocycles. The van der Waals surface area contributed by atoms with Gasteiger partial charge in [0.05, 0.1) is 11.9 Å². The van der Waals surface area contributed by atoms with Crippen LogP contribution in [0.5, 0.6) is 0 Å². The molecule has 0 amide bonds. The summed E-state index contributed by atoms with van der Waals surface area (Å²) in [6.07, 6.45) is 1.89. The molecule has 1 N–H and O–H groups in total. The number of aromatic nitrogens is 3. The van der Waals surface area contributed by atoms with Crippen molar-refractivity contribution in [2.24, 2.45) is 0 Å². The summed E-state index contributed by atoms with van der Waals surface area (Å²) in [6, 6.07) is 13.9. The van der Waals surface area contributed by atoms with Crippen LogP contribution < -0.4 is 5.32 Å². The SMILES string of the molecule is Fc1ccc(CNc2nn3cc(-c4ccc(Cl)cc4)nc3s2)cc1. The quantitative estimate of drug-likeness (QED) is 0.566. The second-order valence-electron chi connectivity index (χ2n) is 5.25. The van der Waals surface area contributed by atoms with Crippen LogP contribution in [0.3, 0.4) is 0 Å². The predicted octanol–water partition coefficient (Wildman–Crippen LogP) is 4.86. The fourth-order valence-electron chi connectivity index (χ4n) is 2.31. The highest BCUT2D eigenvalue weighted by molar-refractivity contribution is 7.20. The summed E-state index contributed by atoms with van der Waals surface area (Å²) in [6.45, 7) is 0.584. The Bertz CT molecular complexity index is 945. The van der Waals surface area contributed by atoms with Crippen molar-refractivity contribution in [3.05, 3.63) is 71.1 Å². The van der Waals surface area contributed by atoms with Gasteiger partial charge in [0.15, 0.2) is 0 Å². The lowest BCUT2D eigenvalue weighted by atomic mass is 10.2. The Hall–Kier alpha value is -2.44. The van der Waals surface area contributed by atoms with E-state index in [-0.39, 0.29) is 5.82 Å². The summed E-state index contributed by atoms with van der Waals surface area (Å²) in [4.78, 5) is 5.39. The van der Waals surface area contributed by atoms with Crippen molar-refractivity contribution in [3.8, 4) is 11.3 Å². The van der Waals surface area contributed by atoms with Gasteiger partial charge in [-0.15, -0.1) is 5.10 Å². The minimum absolute atomic E-state index is 0.235. The highest BCUT2D eigenvalue weighted by Crippen LogP contribution is 2.25. The number of nitrogens with one attached hydrogen (secondary N) is 1. The first-order chi connectivity index (χ1) is 11.7. The monoisotopic (exact) mass is 358 g/mol. The Labute approximate surface area is 146 Å². The third-order valence-electron chi connectivity index (χ3n) is 3.54. The van der Waals surface area contributed by atoms with E-state index in [1.54, 1.807) is 16.6 Å². The van der Waals surface area contributed by atoms with Gasteiger partial charge in [0.25, 0.3) is 0 Å². The first kappa shape index (κ1) is 15.1. The molecule has 0 saturated heterocycles. The zero-order chi connectivity index (χ0) is 16.5. The van der Waals surface area contributed by atoms with Gasteiger partial charge in [-0.05, 0) is 29.8 Å². The average molecular weight is 359 g/mol. The van der Waals surface area contributed by atoms with E-state index in [1.807, 2.05) is 30.5 Å². The summed E-state index contributed by atoms with van der Waals surface area (Å²) in [5.74, 6) is -0.235. The molecule has 0 spiro atoms. The molecule has 2 aromatic carbocycles. The Morgan fingerprint density at radius 1 is 1.08 bits per heavy atom. The van der Waals surface area contributed by atoms with E-state index in [0.29, 0.717) is 11.6 Å². The smallest absolute Gasteiger partial charge is 0.214 e. The third kappa shape index (κ3) is 3.11. The lowest BCUT2D eigenvalue weighted by Crippen LogP contribution is -1.99. The first-order valence-corrected chi connectivity index (χ1v) is 8.47. The van der Waals surface area contributed by atoms with Gasteiger partial charge < -0.3 is 5.32 Å². The minimum atomic E-state index is -0.235. The predicted molar refractivity (Wildman–Crippen MR) is 95.0 cm³/mol. The highest BCUT2D eigenvalue weighted by Gasteiger charge is 2.09. The van der Waals surface area contributed by atoms with Crippen molar-refractivity contribution in [1.29, 1.82) is 0 Å². The molecule has 0 aliphatic rings. The first-order valence-electron chi connectivity index (χ1n) is 7.28. The number of anilines is 1. The van der Waals surface area contributed by atoms with Crippen LogP contribution >= 0.6 is 22.9 Å². The van der Waals surface area contributed by atoms with Crippen molar-refractivity contribution < 1.29 is 4.39 Å². The van der Waals surface area contributed by atoms with E-state index < -0.39 is 0 Å². The second kappa shape index (κ2) is 6.22. The molecule has 4 nitrogen and oxygen atoms in total. The van der Waals surface area contributed by atoms with E-state index in [1.165, 1.54) is 23.5 Å². The number of benzene rings is 2. The molecule has 0 atom stereocenters. The Morgan fingerprint density at radius 2 is 1.83 bits per heavy atom. The fraction of sp³-hybridized carbons (Fsp3) is 0.0588. The van der Waals surface area contributed by atoms with Gasteiger partial charge in [-0.3, -0.25) is 0 Å². The highest BCUT2D eigenvalue weighted by atomic mass is 35.5. The van der Waals surface area contributed by atoms with Gasteiger partial charge in [-0.2, -0.15) is 0 Å². The molecule has 4 rings (SSSR count). The second-order valence-corrected chi connectivity index (χ2v) is 6.64. The van der Waals surface area contributed by atoms with Gasteiger partial charge in [0.1, 0.15) is 5.82 Å². The lowest BCUT2D eigenvalue weighted by molar-refractivity contribution is 0.627. The molecule has 0 bridgehead atoms. The summed E-state index contributed by atoms with van der Waals surface area (Å²) < 4.78 is 14.6. The van der Waals surface area contributed by atoms with Gasteiger partial charge >= 0.3 is 0 Å². The zero-order valence-electron chi connectivity index (χ0n) is 12.4. The summed E-state index contributed by atoms with van der Waals surface area (Å²) in [5, 5.41) is 9.17. The summed E-state index contributed by atoms with van der Waals surface area (Å²) in [7, 11) is 0. The van der Waals surface area contributed by atoms with Crippen molar-refractivity contribution in [3.63, 3.8) is 0 Å². The van der Waals surface area contributed by atoms with Crippen molar-refractivity contribution in [2.45, 2.75) is 6.54 Å². The van der Waals surface area contributed by atoms with Crippen LogP contribution in [0, 0.1) is 5.82 Å². The van der Waals surface area contributed by atoms with Crippen LogP contribution in [-0.4, -0.2) is 14.6 Å². The summed E-state index contributed by atoms with van der Waals surface area (Å²) in [5.41, 5.74) is 2.85. The van der Waals surface area contributed by atoms with Crippen molar-refractivity contribution in [1.82, 2.24) is 14.6 Å². The standard InChI is InChI=1S/C17H12ClFN4S/c18-13-5-3-12(4-6-13)15-10-23-17(21-15)24-16(22-23)20-9-11-1-7-14(19)8-2-11/h1-8,10H,9H2,(H,20,22). The molecular formula is C17H12ClFN4S. The number of hydrogen-bond donors (Lipinski definition) is 1. The number of hydrogen-bond acceptors (Lipinski definition) is 4. The molecular weight excluding hydrogens is 347 g/mol. The van der Waals surface area contributed by atoms with E-state index in [4.69, 9.17) is 11.6 Å². The average Bonchev–Trinajstić information content (AvgIpc) is 3.13. The molecule has 0 aliphatic heterocycles. The number of imidazole rings is 1. The molecule has 0 fully saturated rings. The Kier molecular flexibility index (Phi) is 3.92. The third-order valence-corrected chi connectivity index (χ3v) is 4.67. The van der Waals surface area contributed by atoms with Crippen molar-refractivity contribution >= 4 is 33.0 Å². The fourth-order valence-corrected chi connectivity index (χ4v) is 3.21. The maximum absolute atomic E-state index is 12.9. The Morgan fingerprint density at radius 3 is 2.54 bits per heavy atom. The minimum Gasteiger partial charge on any atom is -0.356 e. The number of fused-ring (bicyclic) bond motifs is 1. The van der Waals surface area contributed by atoms with E-state index >= 15 is 0 Å². The largest absolute Gasteiger partial charge is 0.356 e. The molecule has 0 unspecified atom stereocenters. The molecule has 7 heteroatoms. The zero-order valence-corrected chi connectivity index (χ0v) is 14.0. The molecule has 0 saturated carbocycles. The van der Waals surface area contributed by atoms with E-state index in [9.17, 15) is 4.39 Å². The van der Waals surface area contributed by atoms with Crippen LogP contribution in [0.1, 0.15) is 5.56 Å². The van der Waals surface area contributed by atoms with Gasteiger partial charge in [0.2, 0.25) is 10.1 Å². The van der Waals surface area contributed by atoms with Gasteiger partial charge in [-0.1, -0.05) is 47.2 Å². The van der Waals surface area contributed by atoms with Crippen molar-refractivity contribution in [2.75, 3.05) is 5.32 Å². The van der Waals surface area contributed by atoms with E-state index in [0.717, 1.165) is 26.9 Å². The van der Waals surface area contributed by atoms with Gasteiger partial charge in [0, 0.05) is 17.1 Å². The van der Waals surface area contributed by atoms with Crippen LogP contribution in [0.15, 0.2) is 54.7 Å². The molecule has 0 aliphatic carbocycles. The lowest BCUT2D eigenvalue weighted by Gasteiger charge is -2.01. The normalized spacial score (nSPS) is 11.1. The number of nitrogens with zero attached hydrogens (tertiary/aromatic N) is 3. The van der Waals surface area contributed by atoms with E-state index in [2.05, 4.69) is 15.4 Å².